The van der Waals surface area contributed by atoms with E-state index in [0.29, 0.717) is 6.20 Å². The van der Waals surface area contributed by atoms with E-state index in [2.05, 4.69) is 15.3 Å². The Hall–Kier alpha value is -1.70. The Labute approximate surface area is 131 Å². The highest BCUT2D eigenvalue weighted by molar-refractivity contribution is 6.31. The summed E-state index contributed by atoms with van der Waals surface area (Å²) in [7, 11) is 0. The van der Waals surface area contributed by atoms with Crippen LogP contribution in [0, 0.1) is 0 Å². The molecule has 1 aromatic heterocycles. The summed E-state index contributed by atoms with van der Waals surface area (Å²) in [5.74, 6) is 0.176. The molecular weight excluding hydrogens is 321 g/mol. The predicted molar refractivity (Wildman–Crippen MR) is 79.1 cm³/mol. The fraction of sp³-hybridized carbons (Fsp3) is 0.538. The van der Waals surface area contributed by atoms with Gasteiger partial charge < -0.3 is 15.8 Å². The number of alkyl halides is 3. The van der Waals surface area contributed by atoms with E-state index >= 15 is 0 Å². The smallest absolute Gasteiger partial charge is 0.417 e. The minimum atomic E-state index is -4.49. The van der Waals surface area contributed by atoms with Crippen molar-refractivity contribution in [3.05, 3.63) is 22.8 Å². The van der Waals surface area contributed by atoms with Crippen LogP contribution in [0.1, 0.15) is 26.3 Å². The molecule has 0 saturated carbocycles. The number of guanidine groups is 1. The number of nitrogens with zero attached hydrogens (tertiary/aromatic N) is 2. The molecule has 0 aliphatic carbocycles. The molecule has 0 atom stereocenters. The third-order valence-corrected chi connectivity index (χ3v) is 2.52. The maximum Gasteiger partial charge on any atom is 0.417 e. The Bertz CT molecular complexity index is 541. The highest BCUT2D eigenvalue weighted by Crippen LogP contribution is 2.32. The molecule has 9 heteroatoms. The van der Waals surface area contributed by atoms with Gasteiger partial charge >= 0.3 is 6.18 Å². The first-order chi connectivity index (χ1) is 9.99. The molecule has 0 unspecified atom stereocenters. The van der Waals surface area contributed by atoms with Crippen LogP contribution in [-0.2, 0) is 6.18 Å². The van der Waals surface area contributed by atoms with Crippen molar-refractivity contribution in [3.63, 3.8) is 0 Å². The zero-order valence-electron chi connectivity index (χ0n) is 12.5. The number of ether oxygens (including phenoxy) is 1. The van der Waals surface area contributed by atoms with Crippen LogP contribution in [0.2, 0.25) is 5.02 Å². The Morgan fingerprint density at radius 1 is 1.41 bits per heavy atom. The summed E-state index contributed by atoms with van der Waals surface area (Å²) in [5.41, 5.74) is 4.51. The molecule has 124 valence electrons. The van der Waals surface area contributed by atoms with Gasteiger partial charge in [0.2, 0.25) is 5.88 Å². The van der Waals surface area contributed by atoms with Crippen molar-refractivity contribution >= 4 is 17.6 Å². The summed E-state index contributed by atoms with van der Waals surface area (Å²) < 4.78 is 42.5. The molecule has 0 aliphatic rings. The van der Waals surface area contributed by atoms with Crippen LogP contribution >= 0.6 is 11.6 Å². The highest BCUT2D eigenvalue weighted by atomic mass is 35.5. The van der Waals surface area contributed by atoms with Crippen LogP contribution in [0.5, 0.6) is 5.88 Å². The number of aliphatic imine (C=N–C) groups is 1. The molecule has 0 bridgehead atoms. The molecule has 0 saturated heterocycles. The van der Waals surface area contributed by atoms with E-state index in [9.17, 15) is 13.2 Å². The summed E-state index contributed by atoms with van der Waals surface area (Å²) in [5, 5.41) is 2.75. The van der Waals surface area contributed by atoms with Gasteiger partial charge in [-0.05, 0) is 26.8 Å². The second-order valence-electron chi connectivity index (χ2n) is 5.50. The fourth-order valence-electron chi connectivity index (χ4n) is 1.42. The van der Waals surface area contributed by atoms with Gasteiger partial charge in [0.05, 0.1) is 12.1 Å². The van der Waals surface area contributed by atoms with Crippen molar-refractivity contribution < 1.29 is 17.9 Å². The minimum absolute atomic E-state index is 0.0766. The van der Waals surface area contributed by atoms with Gasteiger partial charge in [-0.25, -0.2) is 9.98 Å². The van der Waals surface area contributed by atoms with Crippen LogP contribution in [0.25, 0.3) is 0 Å². The van der Waals surface area contributed by atoms with Crippen LogP contribution in [0.3, 0.4) is 0 Å². The summed E-state index contributed by atoms with van der Waals surface area (Å²) in [6, 6.07) is 0.767. The summed E-state index contributed by atoms with van der Waals surface area (Å²) >= 11 is 5.70. The lowest BCUT2D eigenvalue weighted by molar-refractivity contribution is -0.137. The number of rotatable bonds is 4. The first-order valence-electron chi connectivity index (χ1n) is 6.43. The number of hydrogen-bond acceptors (Lipinski definition) is 3. The Balaban J connectivity index is 2.54. The standard InChI is InChI=1S/C13H18ClF3N4O/c1-12(2,3)21-11(18)19-4-5-22-10-9(14)6-8(7-20-10)13(15,16)17/h6-7H,4-5H2,1-3H3,(H3,18,19,21). The topological polar surface area (TPSA) is 72.5 Å². The molecule has 5 nitrogen and oxygen atoms in total. The minimum Gasteiger partial charge on any atom is -0.475 e. The first kappa shape index (κ1) is 18.3. The molecule has 0 amide bonds. The zero-order chi connectivity index (χ0) is 17.0. The number of nitrogens with one attached hydrogen (secondary N) is 1. The second kappa shape index (κ2) is 7.04. The number of halogens is 4. The lowest BCUT2D eigenvalue weighted by Gasteiger charge is -2.20. The molecule has 0 aromatic carbocycles. The normalized spacial score (nSPS) is 13.1. The molecule has 22 heavy (non-hydrogen) atoms. The van der Waals surface area contributed by atoms with Crippen molar-refractivity contribution in [1.29, 1.82) is 0 Å². The van der Waals surface area contributed by atoms with Gasteiger partial charge in [-0.15, -0.1) is 0 Å². The number of nitrogens with two attached hydrogens (primary N) is 1. The third kappa shape index (κ3) is 6.38. The number of aromatic nitrogens is 1. The van der Waals surface area contributed by atoms with Crippen molar-refractivity contribution in [1.82, 2.24) is 10.3 Å². The van der Waals surface area contributed by atoms with Gasteiger partial charge in [-0.2, -0.15) is 13.2 Å². The summed E-state index contributed by atoms with van der Waals surface area (Å²) in [6.07, 6.45) is -3.83. The van der Waals surface area contributed by atoms with E-state index < -0.39 is 11.7 Å². The SMILES string of the molecule is CC(C)(C)NC(N)=NCCOc1ncc(C(F)(F)F)cc1Cl. The number of pyridine rings is 1. The number of hydrogen-bond donors (Lipinski definition) is 2. The highest BCUT2D eigenvalue weighted by Gasteiger charge is 2.31. The summed E-state index contributed by atoms with van der Waals surface area (Å²) in [6.45, 7) is 6.09. The molecule has 1 heterocycles. The largest absolute Gasteiger partial charge is 0.475 e. The van der Waals surface area contributed by atoms with Crippen molar-refractivity contribution in [3.8, 4) is 5.88 Å². The Morgan fingerprint density at radius 2 is 2.05 bits per heavy atom. The monoisotopic (exact) mass is 338 g/mol. The van der Waals surface area contributed by atoms with Crippen molar-refractivity contribution in [2.45, 2.75) is 32.5 Å². The van der Waals surface area contributed by atoms with E-state index in [1.165, 1.54) is 0 Å². The van der Waals surface area contributed by atoms with E-state index in [1.54, 1.807) is 0 Å². The Kier molecular flexibility index (Phi) is 5.87. The molecule has 1 aromatic rings. The van der Waals surface area contributed by atoms with Gasteiger partial charge in [-0.3, -0.25) is 0 Å². The van der Waals surface area contributed by atoms with Gasteiger partial charge in [-0.1, -0.05) is 11.6 Å². The van der Waals surface area contributed by atoms with Gasteiger partial charge in [0.15, 0.2) is 5.96 Å². The predicted octanol–water partition coefficient (Wildman–Crippen LogP) is 2.84. The molecule has 1 rings (SSSR count). The average Bonchev–Trinajstić information content (AvgIpc) is 2.32. The van der Waals surface area contributed by atoms with Crippen LogP contribution in [0.4, 0.5) is 13.2 Å². The van der Waals surface area contributed by atoms with E-state index in [0.717, 1.165) is 6.07 Å². The lowest BCUT2D eigenvalue weighted by atomic mass is 10.1. The third-order valence-electron chi connectivity index (χ3n) is 2.25. The van der Waals surface area contributed by atoms with Crippen LogP contribution in [-0.4, -0.2) is 29.6 Å². The van der Waals surface area contributed by atoms with E-state index in [1.807, 2.05) is 20.8 Å². The maximum absolute atomic E-state index is 12.5. The average molecular weight is 339 g/mol. The quantitative estimate of drug-likeness (QED) is 0.503. The fourth-order valence-corrected chi connectivity index (χ4v) is 1.64. The van der Waals surface area contributed by atoms with E-state index in [-0.39, 0.29) is 35.6 Å². The molecular formula is C13H18ClF3N4O. The van der Waals surface area contributed by atoms with Crippen molar-refractivity contribution in [2.75, 3.05) is 13.2 Å². The molecule has 0 aliphatic heterocycles. The molecule has 3 N–H and O–H groups in total. The van der Waals surface area contributed by atoms with Crippen LogP contribution < -0.4 is 15.8 Å². The zero-order valence-corrected chi connectivity index (χ0v) is 13.2. The molecule has 0 spiro atoms. The molecule has 0 radical (unpaired) electrons. The maximum atomic E-state index is 12.5. The second-order valence-corrected chi connectivity index (χ2v) is 5.91. The van der Waals surface area contributed by atoms with E-state index in [4.69, 9.17) is 22.1 Å². The van der Waals surface area contributed by atoms with Gasteiger partial charge in [0, 0.05) is 11.7 Å². The first-order valence-corrected chi connectivity index (χ1v) is 6.80. The van der Waals surface area contributed by atoms with Crippen molar-refractivity contribution in [2.24, 2.45) is 10.7 Å². The lowest BCUT2D eigenvalue weighted by Crippen LogP contribution is -2.45. The van der Waals surface area contributed by atoms with Gasteiger partial charge in [0.25, 0.3) is 0 Å². The molecule has 0 fully saturated rings. The van der Waals surface area contributed by atoms with Gasteiger partial charge in [0.1, 0.15) is 11.6 Å². The van der Waals surface area contributed by atoms with Crippen LogP contribution in [0.15, 0.2) is 17.3 Å². The Morgan fingerprint density at radius 3 is 2.55 bits per heavy atom. The summed E-state index contributed by atoms with van der Waals surface area (Å²) in [4.78, 5) is 7.57.